The van der Waals surface area contributed by atoms with E-state index in [0.29, 0.717) is 13.1 Å². The van der Waals surface area contributed by atoms with Crippen LogP contribution in [0.1, 0.15) is 36.4 Å². The summed E-state index contributed by atoms with van der Waals surface area (Å²) in [5, 5.41) is 9.33. The molecule has 4 unspecified atom stereocenters. The lowest BCUT2D eigenvalue weighted by atomic mass is 9.80. The number of nitriles is 1. The number of likely N-dealkylation sites (tertiary alicyclic amines) is 1. The Morgan fingerprint density at radius 3 is 2.71 bits per heavy atom. The first-order valence-corrected chi connectivity index (χ1v) is 10.0. The standard InChI is InChI=1S/C21H28N4O3/c1-27-19-8-13-5-7-24-12-16(21(26)25-6-3-4-14(25)11-22)17(23)10-18(24)15(13)9-20(19)28-2/h8-9,14,16-18H,3-7,10,12,23H2,1-2H3. The molecule has 2 N–H and O–H groups in total. The van der Waals surface area contributed by atoms with E-state index in [9.17, 15) is 10.1 Å². The number of amides is 1. The number of nitrogens with zero attached hydrogens (tertiary/aromatic N) is 3. The van der Waals surface area contributed by atoms with Gasteiger partial charge >= 0.3 is 0 Å². The number of hydrogen-bond donors (Lipinski definition) is 1. The van der Waals surface area contributed by atoms with Gasteiger partial charge in [0.1, 0.15) is 6.04 Å². The van der Waals surface area contributed by atoms with Crippen molar-refractivity contribution in [3.8, 4) is 17.6 Å². The zero-order valence-electron chi connectivity index (χ0n) is 16.6. The van der Waals surface area contributed by atoms with E-state index < -0.39 is 0 Å². The van der Waals surface area contributed by atoms with E-state index in [2.05, 4.69) is 23.1 Å². The third-order valence-corrected chi connectivity index (χ3v) is 6.56. The fourth-order valence-corrected chi connectivity index (χ4v) is 5.02. The smallest absolute Gasteiger partial charge is 0.229 e. The van der Waals surface area contributed by atoms with Crippen LogP contribution in [0, 0.1) is 17.2 Å². The van der Waals surface area contributed by atoms with E-state index in [0.717, 1.165) is 43.7 Å². The van der Waals surface area contributed by atoms with Crippen molar-refractivity contribution in [3.05, 3.63) is 23.3 Å². The second kappa shape index (κ2) is 7.61. The van der Waals surface area contributed by atoms with Gasteiger partial charge in [0.05, 0.1) is 26.2 Å². The highest BCUT2D eigenvalue weighted by Gasteiger charge is 2.43. The molecule has 4 rings (SSSR count). The number of carbonyl (C=O) groups excluding carboxylic acids is 1. The van der Waals surface area contributed by atoms with Crippen molar-refractivity contribution in [3.63, 3.8) is 0 Å². The van der Waals surface area contributed by atoms with Crippen molar-refractivity contribution in [2.24, 2.45) is 11.7 Å². The zero-order valence-corrected chi connectivity index (χ0v) is 16.6. The van der Waals surface area contributed by atoms with Gasteiger partial charge in [0.25, 0.3) is 0 Å². The Labute approximate surface area is 166 Å². The van der Waals surface area contributed by atoms with E-state index in [-0.39, 0.29) is 30.0 Å². The quantitative estimate of drug-likeness (QED) is 0.848. The van der Waals surface area contributed by atoms with Gasteiger partial charge in [-0.2, -0.15) is 5.26 Å². The molecule has 1 aromatic rings. The summed E-state index contributed by atoms with van der Waals surface area (Å²) in [6, 6.07) is 6.07. The molecule has 0 aliphatic carbocycles. The lowest BCUT2D eigenvalue weighted by molar-refractivity contribution is -0.138. The molecule has 0 radical (unpaired) electrons. The van der Waals surface area contributed by atoms with Crippen LogP contribution in [-0.4, -0.2) is 61.6 Å². The van der Waals surface area contributed by atoms with E-state index in [1.165, 1.54) is 11.1 Å². The van der Waals surface area contributed by atoms with Crippen LogP contribution in [0.2, 0.25) is 0 Å². The van der Waals surface area contributed by atoms with E-state index in [1.807, 2.05) is 0 Å². The van der Waals surface area contributed by atoms with Gasteiger partial charge in [0.2, 0.25) is 5.91 Å². The van der Waals surface area contributed by atoms with Crippen LogP contribution < -0.4 is 15.2 Å². The SMILES string of the molecule is COc1cc2c(cc1OC)C1CC(N)C(C(=O)N3CCCC3C#N)CN1CC2. The average Bonchev–Trinajstić information content (AvgIpc) is 3.20. The third kappa shape index (κ3) is 3.11. The van der Waals surface area contributed by atoms with E-state index in [1.54, 1.807) is 19.1 Å². The van der Waals surface area contributed by atoms with Crippen molar-refractivity contribution in [1.29, 1.82) is 5.26 Å². The minimum Gasteiger partial charge on any atom is -0.493 e. The molecule has 0 saturated carbocycles. The Bertz CT molecular complexity index is 806. The molecular formula is C21H28N4O3. The fraction of sp³-hybridized carbons (Fsp3) is 0.619. The molecule has 0 aromatic heterocycles. The minimum atomic E-state index is -0.295. The summed E-state index contributed by atoms with van der Waals surface area (Å²) in [5.74, 6) is 1.28. The summed E-state index contributed by atoms with van der Waals surface area (Å²) in [6.45, 7) is 2.21. The molecule has 3 aliphatic heterocycles. The van der Waals surface area contributed by atoms with Crippen molar-refractivity contribution < 1.29 is 14.3 Å². The molecular weight excluding hydrogens is 356 g/mol. The summed E-state index contributed by atoms with van der Waals surface area (Å²) in [6.07, 6.45) is 3.30. The lowest BCUT2D eigenvalue weighted by Gasteiger charge is -2.46. The topological polar surface area (TPSA) is 91.8 Å². The van der Waals surface area contributed by atoms with Crippen LogP contribution in [0.15, 0.2) is 12.1 Å². The lowest BCUT2D eigenvalue weighted by Crippen LogP contribution is -2.56. The highest BCUT2D eigenvalue weighted by molar-refractivity contribution is 5.81. The highest BCUT2D eigenvalue weighted by Crippen LogP contribution is 2.42. The summed E-state index contributed by atoms with van der Waals surface area (Å²) < 4.78 is 10.9. The second-order valence-electron chi connectivity index (χ2n) is 7.99. The van der Waals surface area contributed by atoms with Gasteiger partial charge < -0.3 is 20.1 Å². The molecule has 3 aliphatic rings. The van der Waals surface area contributed by atoms with Crippen LogP contribution in [0.3, 0.4) is 0 Å². The Morgan fingerprint density at radius 2 is 2.00 bits per heavy atom. The van der Waals surface area contributed by atoms with Crippen LogP contribution in [0.25, 0.3) is 0 Å². The van der Waals surface area contributed by atoms with Gasteiger partial charge in [0.15, 0.2) is 11.5 Å². The number of ether oxygens (including phenoxy) is 2. The maximum Gasteiger partial charge on any atom is 0.229 e. The van der Waals surface area contributed by atoms with Gasteiger partial charge in [-0.25, -0.2) is 0 Å². The van der Waals surface area contributed by atoms with Crippen LogP contribution in [0.4, 0.5) is 0 Å². The molecule has 2 fully saturated rings. The Kier molecular flexibility index (Phi) is 5.17. The highest BCUT2D eigenvalue weighted by atomic mass is 16.5. The number of piperidine rings is 1. The molecule has 7 nitrogen and oxygen atoms in total. The summed E-state index contributed by atoms with van der Waals surface area (Å²) in [5.41, 5.74) is 9.00. The molecule has 1 amide bonds. The van der Waals surface area contributed by atoms with Crippen molar-refractivity contribution >= 4 is 5.91 Å². The van der Waals surface area contributed by atoms with Gasteiger partial charge in [-0.3, -0.25) is 9.69 Å². The molecule has 3 heterocycles. The molecule has 7 heteroatoms. The fourth-order valence-electron chi connectivity index (χ4n) is 5.02. The molecule has 1 aromatic carbocycles. The normalized spacial score (nSPS) is 29.6. The second-order valence-corrected chi connectivity index (χ2v) is 7.99. The number of nitrogens with two attached hydrogens (primary N) is 1. The Hall–Kier alpha value is -2.30. The maximum absolute atomic E-state index is 13.1. The molecule has 0 bridgehead atoms. The van der Waals surface area contributed by atoms with Crippen LogP contribution in [0.5, 0.6) is 11.5 Å². The monoisotopic (exact) mass is 384 g/mol. The summed E-state index contributed by atoms with van der Waals surface area (Å²) in [4.78, 5) is 17.2. The molecule has 0 spiro atoms. The Balaban J connectivity index is 1.57. The molecule has 2 saturated heterocycles. The van der Waals surface area contributed by atoms with Gasteiger partial charge in [-0.15, -0.1) is 0 Å². The number of rotatable bonds is 3. The van der Waals surface area contributed by atoms with Gasteiger partial charge in [-0.1, -0.05) is 0 Å². The Morgan fingerprint density at radius 1 is 1.25 bits per heavy atom. The predicted octanol–water partition coefficient (Wildman–Crippen LogP) is 1.46. The number of hydrogen-bond acceptors (Lipinski definition) is 6. The van der Waals surface area contributed by atoms with Crippen molar-refractivity contribution in [2.45, 2.75) is 43.8 Å². The number of benzene rings is 1. The first-order chi connectivity index (χ1) is 13.6. The van der Waals surface area contributed by atoms with E-state index in [4.69, 9.17) is 15.2 Å². The minimum absolute atomic E-state index is 0.0492. The van der Waals surface area contributed by atoms with Crippen molar-refractivity contribution in [2.75, 3.05) is 33.9 Å². The molecule has 4 atom stereocenters. The third-order valence-electron chi connectivity index (χ3n) is 6.56. The van der Waals surface area contributed by atoms with Crippen LogP contribution in [-0.2, 0) is 11.2 Å². The predicted molar refractivity (Wildman–Crippen MR) is 104 cm³/mol. The van der Waals surface area contributed by atoms with Gasteiger partial charge in [-0.05, 0) is 48.9 Å². The number of carbonyl (C=O) groups is 1. The molecule has 28 heavy (non-hydrogen) atoms. The van der Waals surface area contributed by atoms with E-state index >= 15 is 0 Å². The first kappa shape index (κ1) is 19.0. The van der Waals surface area contributed by atoms with Crippen molar-refractivity contribution in [1.82, 2.24) is 9.80 Å². The maximum atomic E-state index is 13.1. The van der Waals surface area contributed by atoms with Gasteiger partial charge in [0, 0.05) is 31.7 Å². The zero-order chi connectivity index (χ0) is 19.8. The number of fused-ring (bicyclic) bond motifs is 3. The summed E-state index contributed by atoms with van der Waals surface area (Å²) >= 11 is 0. The largest absolute Gasteiger partial charge is 0.493 e. The van der Waals surface area contributed by atoms with Crippen LogP contribution >= 0.6 is 0 Å². The first-order valence-electron chi connectivity index (χ1n) is 10.0. The molecule has 150 valence electrons. The number of methoxy groups -OCH3 is 2. The summed E-state index contributed by atoms with van der Waals surface area (Å²) in [7, 11) is 3.30. The average molecular weight is 384 g/mol.